The standard InChI is InChI=1S/C27H26BrClN4O2/c1-4-5-26-31-24-13-9-20(28)14-23(24)27(34)33(26)30-16-19-8-12-22(32(2)3)15-25(19)35-17-18-6-10-21(29)11-7-18/h6-16H,4-5,17H2,1-3H3. The second-order valence-electron chi connectivity index (χ2n) is 8.33. The van der Waals surface area contributed by atoms with Gasteiger partial charge in [-0.1, -0.05) is 46.6 Å². The van der Waals surface area contributed by atoms with Crippen LogP contribution < -0.4 is 15.2 Å². The van der Waals surface area contributed by atoms with Gasteiger partial charge in [-0.2, -0.15) is 9.78 Å². The average Bonchev–Trinajstić information content (AvgIpc) is 2.84. The summed E-state index contributed by atoms with van der Waals surface area (Å²) < 4.78 is 8.38. The van der Waals surface area contributed by atoms with Crippen LogP contribution in [0.5, 0.6) is 5.75 Å². The zero-order chi connectivity index (χ0) is 24.9. The predicted octanol–water partition coefficient (Wildman–Crippen LogP) is 6.29. The van der Waals surface area contributed by atoms with E-state index in [1.54, 1.807) is 12.3 Å². The summed E-state index contributed by atoms with van der Waals surface area (Å²) in [5, 5.41) is 5.76. The van der Waals surface area contributed by atoms with E-state index in [0.717, 1.165) is 27.7 Å². The van der Waals surface area contributed by atoms with Gasteiger partial charge in [0.15, 0.2) is 0 Å². The minimum absolute atomic E-state index is 0.204. The number of benzene rings is 3. The zero-order valence-electron chi connectivity index (χ0n) is 19.8. The topological polar surface area (TPSA) is 59.7 Å². The van der Waals surface area contributed by atoms with E-state index in [9.17, 15) is 4.79 Å². The molecule has 0 bridgehead atoms. The van der Waals surface area contributed by atoms with E-state index in [2.05, 4.69) is 28.0 Å². The van der Waals surface area contributed by atoms with E-state index in [1.807, 2.05) is 73.6 Å². The Kier molecular flexibility index (Phi) is 7.88. The number of rotatable bonds is 8. The van der Waals surface area contributed by atoms with E-state index in [0.29, 0.717) is 40.5 Å². The molecular weight excluding hydrogens is 528 g/mol. The summed E-state index contributed by atoms with van der Waals surface area (Å²) in [4.78, 5) is 20.0. The second kappa shape index (κ2) is 11.1. The average molecular weight is 554 g/mol. The van der Waals surface area contributed by atoms with E-state index >= 15 is 0 Å². The number of nitrogens with zero attached hydrogens (tertiary/aromatic N) is 4. The maximum absolute atomic E-state index is 13.3. The molecule has 0 aliphatic heterocycles. The molecule has 0 aliphatic carbocycles. The lowest BCUT2D eigenvalue weighted by molar-refractivity contribution is 0.306. The number of halogens is 2. The highest BCUT2D eigenvalue weighted by molar-refractivity contribution is 9.10. The first-order chi connectivity index (χ1) is 16.9. The number of ether oxygens (including phenoxy) is 1. The van der Waals surface area contributed by atoms with E-state index in [1.165, 1.54) is 4.68 Å². The molecule has 4 aromatic rings. The van der Waals surface area contributed by atoms with Gasteiger partial charge in [-0.15, -0.1) is 0 Å². The molecule has 35 heavy (non-hydrogen) atoms. The van der Waals surface area contributed by atoms with Crippen LogP contribution in [0.15, 0.2) is 75.0 Å². The molecule has 0 unspecified atom stereocenters. The number of hydrogen-bond acceptors (Lipinski definition) is 5. The first kappa shape index (κ1) is 24.9. The molecule has 0 saturated heterocycles. The molecule has 1 heterocycles. The van der Waals surface area contributed by atoms with Crippen molar-refractivity contribution in [3.8, 4) is 5.75 Å². The monoisotopic (exact) mass is 552 g/mol. The fourth-order valence-electron chi connectivity index (χ4n) is 3.59. The van der Waals surface area contributed by atoms with Gasteiger partial charge in [-0.25, -0.2) is 4.98 Å². The summed E-state index contributed by atoms with van der Waals surface area (Å²) in [6, 6.07) is 18.9. The quantitative estimate of drug-likeness (QED) is 0.241. The summed E-state index contributed by atoms with van der Waals surface area (Å²) in [6.07, 6.45) is 3.14. The van der Waals surface area contributed by atoms with Gasteiger partial charge in [0.2, 0.25) is 0 Å². The Hall–Kier alpha value is -3.16. The van der Waals surface area contributed by atoms with Crippen LogP contribution in [0.2, 0.25) is 5.02 Å². The number of aromatic nitrogens is 2. The normalized spacial score (nSPS) is 11.3. The third-order valence-electron chi connectivity index (χ3n) is 5.48. The Morgan fingerprint density at radius 2 is 1.89 bits per heavy atom. The summed E-state index contributed by atoms with van der Waals surface area (Å²) in [6.45, 7) is 2.43. The zero-order valence-corrected chi connectivity index (χ0v) is 22.2. The van der Waals surface area contributed by atoms with Crippen molar-refractivity contribution in [3.63, 3.8) is 0 Å². The van der Waals surface area contributed by atoms with E-state index in [4.69, 9.17) is 21.3 Å². The molecule has 0 radical (unpaired) electrons. The minimum Gasteiger partial charge on any atom is -0.488 e. The van der Waals surface area contributed by atoms with Crippen molar-refractivity contribution in [1.82, 2.24) is 9.66 Å². The van der Waals surface area contributed by atoms with Crippen LogP contribution in [0.1, 0.15) is 30.3 Å². The number of anilines is 1. The Balaban J connectivity index is 1.73. The molecule has 0 aliphatic rings. The molecule has 0 amide bonds. The molecule has 180 valence electrons. The van der Waals surface area contributed by atoms with E-state index < -0.39 is 0 Å². The van der Waals surface area contributed by atoms with Crippen LogP contribution >= 0.6 is 27.5 Å². The first-order valence-corrected chi connectivity index (χ1v) is 12.5. The summed E-state index contributed by atoms with van der Waals surface area (Å²) in [7, 11) is 3.95. The minimum atomic E-state index is -0.204. The van der Waals surface area contributed by atoms with Crippen molar-refractivity contribution in [2.24, 2.45) is 5.10 Å². The summed E-state index contributed by atoms with van der Waals surface area (Å²) in [5.41, 5.74) is 3.21. The molecule has 0 saturated carbocycles. The van der Waals surface area contributed by atoms with Crippen molar-refractivity contribution in [2.75, 3.05) is 19.0 Å². The summed E-state index contributed by atoms with van der Waals surface area (Å²) in [5.74, 6) is 1.29. The lowest BCUT2D eigenvalue weighted by Gasteiger charge is -2.16. The van der Waals surface area contributed by atoms with Gasteiger partial charge in [-0.05, 0) is 54.4 Å². The van der Waals surface area contributed by atoms with Gasteiger partial charge >= 0.3 is 0 Å². The molecular formula is C27H26BrClN4O2. The van der Waals surface area contributed by atoms with Crippen LogP contribution in [-0.2, 0) is 13.0 Å². The maximum atomic E-state index is 13.3. The third kappa shape index (κ3) is 5.92. The van der Waals surface area contributed by atoms with Crippen molar-refractivity contribution in [2.45, 2.75) is 26.4 Å². The molecule has 1 aromatic heterocycles. The SMILES string of the molecule is CCCc1nc2ccc(Br)cc2c(=O)n1N=Cc1ccc(N(C)C)cc1OCc1ccc(Cl)cc1. The second-order valence-corrected chi connectivity index (χ2v) is 9.68. The van der Waals surface area contributed by atoms with Crippen LogP contribution in [0.25, 0.3) is 10.9 Å². The van der Waals surface area contributed by atoms with Crippen LogP contribution in [0.4, 0.5) is 5.69 Å². The van der Waals surface area contributed by atoms with Crippen LogP contribution in [0.3, 0.4) is 0 Å². The molecule has 0 fully saturated rings. The smallest absolute Gasteiger partial charge is 0.282 e. The Morgan fingerprint density at radius 1 is 1.11 bits per heavy atom. The first-order valence-electron chi connectivity index (χ1n) is 11.3. The predicted molar refractivity (Wildman–Crippen MR) is 147 cm³/mol. The lowest BCUT2D eigenvalue weighted by Crippen LogP contribution is -2.22. The van der Waals surface area contributed by atoms with Crippen LogP contribution in [-0.4, -0.2) is 30.0 Å². The maximum Gasteiger partial charge on any atom is 0.282 e. The van der Waals surface area contributed by atoms with Crippen LogP contribution in [0, 0.1) is 0 Å². The third-order valence-corrected chi connectivity index (χ3v) is 6.23. The molecule has 8 heteroatoms. The van der Waals surface area contributed by atoms with Crippen molar-refractivity contribution in [3.05, 3.63) is 97.5 Å². The Morgan fingerprint density at radius 3 is 2.60 bits per heavy atom. The van der Waals surface area contributed by atoms with Crippen molar-refractivity contribution < 1.29 is 4.74 Å². The lowest BCUT2D eigenvalue weighted by atomic mass is 10.2. The highest BCUT2D eigenvalue weighted by Gasteiger charge is 2.12. The van der Waals surface area contributed by atoms with Gasteiger partial charge in [0, 0.05) is 47.3 Å². The van der Waals surface area contributed by atoms with Crippen molar-refractivity contribution in [1.29, 1.82) is 0 Å². The fourth-order valence-corrected chi connectivity index (χ4v) is 4.08. The van der Waals surface area contributed by atoms with Gasteiger partial charge in [0.1, 0.15) is 18.2 Å². The molecule has 0 spiro atoms. The molecule has 6 nitrogen and oxygen atoms in total. The largest absolute Gasteiger partial charge is 0.488 e. The van der Waals surface area contributed by atoms with Gasteiger partial charge in [-0.3, -0.25) is 4.79 Å². The molecule has 4 rings (SSSR count). The van der Waals surface area contributed by atoms with E-state index in [-0.39, 0.29) is 5.56 Å². The van der Waals surface area contributed by atoms with Gasteiger partial charge < -0.3 is 9.64 Å². The summed E-state index contributed by atoms with van der Waals surface area (Å²) >= 11 is 9.44. The molecule has 3 aromatic carbocycles. The Bertz CT molecular complexity index is 1430. The number of aryl methyl sites for hydroxylation is 1. The highest BCUT2D eigenvalue weighted by Crippen LogP contribution is 2.25. The molecule has 0 atom stereocenters. The number of hydrogen-bond donors (Lipinski definition) is 0. The highest BCUT2D eigenvalue weighted by atomic mass is 79.9. The molecule has 0 N–H and O–H groups in total. The number of fused-ring (bicyclic) bond motifs is 1. The van der Waals surface area contributed by atoms with Gasteiger partial charge in [0.25, 0.3) is 5.56 Å². The Labute approximate surface area is 218 Å². The van der Waals surface area contributed by atoms with Crippen molar-refractivity contribution >= 4 is 50.3 Å². The fraction of sp³-hybridized carbons (Fsp3) is 0.222. The van der Waals surface area contributed by atoms with Gasteiger partial charge in [0.05, 0.1) is 17.1 Å².